The SMILES string of the molecule is COc1ccc(CN(C)C)cc1NC(C)c1nccn1C. The lowest BCUT2D eigenvalue weighted by atomic mass is 10.1. The van der Waals surface area contributed by atoms with E-state index in [2.05, 4.69) is 48.4 Å². The molecule has 1 heterocycles. The van der Waals surface area contributed by atoms with E-state index in [4.69, 9.17) is 4.74 Å². The fourth-order valence-corrected chi connectivity index (χ4v) is 2.42. The van der Waals surface area contributed by atoms with Crippen LogP contribution in [0.3, 0.4) is 0 Å². The average Bonchev–Trinajstić information content (AvgIpc) is 2.84. The van der Waals surface area contributed by atoms with Crippen molar-refractivity contribution >= 4 is 5.69 Å². The lowest BCUT2D eigenvalue weighted by molar-refractivity contribution is 0.400. The number of rotatable bonds is 6. The van der Waals surface area contributed by atoms with Gasteiger partial charge in [0, 0.05) is 26.0 Å². The molecule has 0 saturated carbocycles. The van der Waals surface area contributed by atoms with E-state index in [0.717, 1.165) is 23.8 Å². The first kappa shape index (κ1) is 15.4. The fourth-order valence-electron chi connectivity index (χ4n) is 2.42. The monoisotopic (exact) mass is 288 g/mol. The van der Waals surface area contributed by atoms with Crippen molar-refractivity contribution in [2.45, 2.75) is 19.5 Å². The van der Waals surface area contributed by atoms with Crippen LogP contribution in [-0.4, -0.2) is 35.7 Å². The summed E-state index contributed by atoms with van der Waals surface area (Å²) in [6.07, 6.45) is 3.76. The van der Waals surface area contributed by atoms with Gasteiger partial charge in [-0.2, -0.15) is 0 Å². The Morgan fingerprint density at radius 3 is 2.71 bits per heavy atom. The highest BCUT2D eigenvalue weighted by atomic mass is 16.5. The van der Waals surface area contributed by atoms with E-state index in [9.17, 15) is 0 Å². The van der Waals surface area contributed by atoms with Crippen molar-refractivity contribution in [3.8, 4) is 5.75 Å². The number of nitrogens with zero attached hydrogens (tertiary/aromatic N) is 3. The molecule has 0 aliphatic carbocycles. The fraction of sp³-hybridized carbons (Fsp3) is 0.438. The van der Waals surface area contributed by atoms with E-state index in [1.165, 1.54) is 5.56 Å². The first-order chi connectivity index (χ1) is 10.0. The lowest BCUT2D eigenvalue weighted by Crippen LogP contribution is -2.14. The summed E-state index contributed by atoms with van der Waals surface area (Å²) in [5, 5.41) is 3.49. The van der Waals surface area contributed by atoms with Crippen molar-refractivity contribution in [1.82, 2.24) is 14.5 Å². The summed E-state index contributed by atoms with van der Waals surface area (Å²) in [6.45, 7) is 3.00. The molecule has 0 amide bonds. The molecule has 0 spiro atoms. The van der Waals surface area contributed by atoms with Gasteiger partial charge < -0.3 is 19.5 Å². The van der Waals surface area contributed by atoms with Gasteiger partial charge in [-0.05, 0) is 38.7 Å². The first-order valence-electron chi connectivity index (χ1n) is 7.06. The summed E-state index contributed by atoms with van der Waals surface area (Å²) in [7, 11) is 7.82. The third-order valence-corrected chi connectivity index (χ3v) is 3.38. The molecule has 0 aliphatic rings. The number of benzene rings is 1. The molecule has 0 bridgehead atoms. The minimum absolute atomic E-state index is 0.105. The Balaban J connectivity index is 2.22. The molecule has 1 N–H and O–H groups in total. The lowest BCUT2D eigenvalue weighted by Gasteiger charge is -2.19. The van der Waals surface area contributed by atoms with Crippen LogP contribution < -0.4 is 10.1 Å². The highest BCUT2D eigenvalue weighted by Crippen LogP contribution is 2.29. The van der Waals surface area contributed by atoms with E-state index < -0.39 is 0 Å². The molecule has 0 radical (unpaired) electrons. The minimum Gasteiger partial charge on any atom is -0.495 e. The summed E-state index contributed by atoms with van der Waals surface area (Å²) >= 11 is 0. The van der Waals surface area contributed by atoms with Gasteiger partial charge in [0.05, 0.1) is 18.8 Å². The number of nitrogens with one attached hydrogen (secondary N) is 1. The minimum atomic E-state index is 0.105. The van der Waals surface area contributed by atoms with Crippen LogP contribution in [0.5, 0.6) is 5.75 Å². The number of aromatic nitrogens is 2. The molecule has 1 unspecified atom stereocenters. The van der Waals surface area contributed by atoms with E-state index in [0.29, 0.717) is 0 Å². The maximum atomic E-state index is 5.45. The molecule has 114 valence electrons. The van der Waals surface area contributed by atoms with Crippen LogP contribution in [-0.2, 0) is 13.6 Å². The third-order valence-electron chi connectivity index (χ3n) is 3.38. The molecular formula is C16H24N4O. The van der Waals surface area contributed by atoms with Gasteiger partial charge in [0.2, 0.25) is 0 Å². The highest BCUT2D eigenvalue weighted by Gasteiger charge is 2.13. The van der Waals surface area contributed by atoms with E-state index in [1.807, 2.05) is 30.1 Å². The molecule has 0 aliphatic heterocycles. The molecule has 1 aromatic heterocycles. The van der Waals surface area contributed by atoms with Gasteiger partial charge in [-0.3, -0.25) is 0 Å². The number of hydrogen-bond acceptors (Lipinski definition) is 4. The van der Waals surface area contributed by atoms with Crippen LogP contribution in [0.2, 0.25) is 0 Å². The van der Waals surface area contributed by atoms with Crippen molar-refractivity contribution in [1.29, 1.82) is 0 Å². The maximum Gasteiger partial charge on any atom is 0.141 e. The Hall–Kier alpha value is -2.01. The second-order valence-electron chi connectivity index (χ2n) is 5.53. The highest BCUT2D eigenvalue weighted by molar-refractivity contribution is 5.58. The van der Waals surface area contributed by atoms with Gasteiger partial charge in [0.1, 0.15) is 11.6 Å². The number of imidazole rings is 1. The topological polar surface area (TPSA) is 42.3 Å². The van der Waals surface area contributed by atoms with E-state index >= 15 is 0 Å². The van der Waals surface area contributed by atoms with Gasteiger partial charge in [-0.15, -0.1) is 0 Å². The first-order valence-corrected chi connectivity index (χ1v) is 7.06. The van der Waals surface area contributed by atoms with Crippen molar-refractivity contribution in [3.05, 3.63) is 42.0 Å². The summed E-state index contributed by atoms with van der Waals surface area (Å²) < 4.78 is 7.47. The Morgan fingerprint density at radius 2 is 2.14 bits per heavy atom. The number of methoxy groups -OCH3 is 1. The molecule has 1 atom stereocenters. The molecule has 5 nitrogen and oxygen atoms in total. The number of hydrogen-bond donors (Lipinski definition) is 1. The van der Waals surface area contributed by atoms with Crippen LogP contribution in [0, 0.1) is 0 Å². The predicted molar refractivity (Wildman–Crippen MR) is 85.6 cm³/mol. The van der Waals surface area contributed by atoms with Crippen molar-refractivity contribution < 1.29 is 4.74 Å². The standard InChI is InChI=1S/C16H24N4O/c1-12(16-17-8-9-20(16)4)18-14-10-13(11-19(2)3)6-7-15(14)21-5/h6-10,12,18H,11H2,1-5H3. The molecule has 21 heavy (non-hydrogen) atoms. The van der Waals surface area contributed by atoms with Gasteiger partial charge in [-0.25, -0.2) is 4.98 Å². The van der Waals surface area contributed by atoms with Crippen LogP contribution in [0.25, 0.3) is 0 Å². The Bertz CT molecular complexity index is 592. The Morgan fingerprint density at radius 1 is 1.38 bits per heavy atom. The summed E-state index contributed by atoms with van der Waals surface area (Å²) in [4.78, 5) is 6.54. The quantitative estimate of drug-likeness (QED) is 0.887. The number of anilines is 1. The summed E-state index contributed by atoms with van der Waals surface area (Å²) in [5.74, 6) is 1.84. The predicted octanol–water partition coefficient (Wildman–Crippen LogP) is 2.66. The van der Waals surface area contributed by atoms with Gasteiger partial charge >= 0.3 is 0 Å². The molecule has 2 aromatic rings. The number of aryl methyl sites for hydroxylation is 1. The van der Waals surface area contributed by atoms with E-state index in [1.54, 1.807) is 7.11 Å². The van der Waals surface area contributed by atoms with Crippen LogP contribution >= 0.6 is 0 Å². The zero-order valence-corrected chi connectivity index (χ0v) is 13.4. The summed E-state index contributed by atoms with van der Waals surface area (Å²) in [6, 6.07) is 6.34. The maximum absolute atomic E-state index is 5.45. The average molecular weight is 288 g/mol. The zero-order chi connectivity index (χ0) is 15.4. The molecule has 0 fully saturated rings. The molecule has 0 saturated heterocycles. The van der Waals surface area contributed by atoms with Crippen molar-refractivity contribution in [2.24, 2.45) is 7.05 Å². The van der Waals surface area contributed by atoms with E-state index in [-0.39, 0.29) is 6.04 Å². The van der Waals surface area contributed by atoms with Crippen molar-refractivity contribution in [3.63, 3.8) is 0 Å². The van der Waals surface area contributed by atoms with Gasteiger partial charge in [0.25, 0.3) is 0 Å². The normalized spacial score (nSPS) is 12.5. The second kappa shape index (κ2) is 6.63. The summed E-state index contributed by atoms with van der Waals surface area (Å²) in [5.41, 5.74) is 2.24. The second-order valence-corrected chi connectivity index (χ2v) is 5.53. The molecule has 5 heteroatoms. The largest absolute Gasteiger partial charge is 0.495 e. The molecule has 2 rings (SSSR count). The molecular weight excluding hydrogens is 264 g/mol. The van der Waals surface area contributed by atoms with Gasteiger partial charge in [-0.1, -0.05) is 6.07 Å². The number of ether oxygens (including phenoxy) is 1. The van der Waals surface area contributed by atoms with Crippen LogP contribution in [0.4, 0.5) is 5.69 Å². The van der Waals surface area contributed by atoms with Crippen molar-refractivity contribution in [2.75, 3.05) is 26.5 Å². The Labute approximate surface area is 126 Å². The van der Waals surface area contributed by atoms with Crippen LogP contribution in [0.1, 0.15) is 24.4 Å². The smallest absolute Gasteiger partial charge is 0.141 e. The Kier molecular flexibility index (Phi) is 4.85. The molecule has 1 aromatic carbocycles. The van der Waals surface area contributed by atoms with Crippen LogP contribution in [0.15, 0.2) is 30.6 Å². The van der Waals surface area contributed by atoms with Gasteiger partial charge in [0.15, 0.2) is 0 Å². The third kappa shape index (κ3) is 3.76. The zero-order valence-electron chi connectivity index (χ0n) is 13.4.